The van der Waals surface area contributed by atoms with E-state index >= 15 is 0 Å². The lowest BCUT2D eigenvalue weighted by atomic mass is 9.74. The number of allylic oxidation sites excluding steroid dienone is 1. The van der Waals surface area contributed by atoms with Crippen LogP contribution in [0.3, 0.4) is 0 Å². The van der Waals surface area contributed by atoms with Gasteiger partial charge in [-0.2, -0.15) is 0 Å². The van der Waals surface area contributed by atoms with Crippen molar-refractivity contribution in [3.8, 4) is 0 Å². The third kappa shape index (κ3) is 3.43. The Labute approximate surface area is 148 Å². The summed E-state index contributed by atoms with van der Waals surface area (Å²) in [6, 6.07) is 9.77. The fourth-order valence-electron chi connectivity index (χ4n) is 3.79. The van der Waals surface area contributed by atoms with Gasteiger partial charge in [0.1, 0.15) is 11.7 Å². The molecule has 5 heteroatoms. The second-order valence-corrected chi connectivity index (χ2v) is 6.53. The predicted octanol–water partition coefficient (Wildman–Crippen LogP) is 2.97. The summed E-state index contributed by atoms with van der Waals surface area (Å²) in [5.41, 5.74) is -0.288. The molecule has 2 aliphatic heterocycles. The van der Waals surface area contributed by atoms with E-state index in [0.29, 0.717) is 19.4 Å². The molecule has 0 amide bonds. The smallest absolute Gasteiger partial charge is 0.187 e. The van der Waals surface area contributed by atoms with Crippen molar-refractivity contribution in [2.24, 2.45) is 5.92 Å². The summed E-state index contributed by atoms with van der Waals surface area (Å²) < 4.78 is 23.5. The van der Waals surface area contributed by atoms with E-state index in [9.17, 15) is 5.11 Å². The molecule has 0 saturated carbocycles. The van der Waals surface area contributed by atoms with Crippen LogP contribution in [0.1, 0.15) is 24.7 Å². The maximum atomic E-state index is 11.3. The molecule has 1 N–H and O–H groups in total. The van der Waals surface area contributed by atoms with Crippen molar-refractivity contribution < 1.29 is 24.1 Å². The van der Waals surface area contributed by atoms with E-state index in [4.69, 9.17) is 18.9 Å². The SMILES string of the molecule is C=CC[C@H]1[C@@H]2O[C@H](c3ccccc3)OC[C@H]2O[C@H](OC)[C@@]1(O)CC=C. The second-order valence-electron chi connectivity index (χ2n) is 6.53. The van der Waals surface area contributed by atoms with Crippen LogP contribution in [0.5, 0.6) is 0 Å². The average molecular weight is 346 g/mol. The van der Waals surface area contributed by atoms with Crippen LogP contribution in [-0.2, 0) is 18.9 Å². The van der Waals surface area contributed by atoms with E-state index in [0.717, 1.165) is 5.56 Å². The molecule has 1 aromatic rings. The number of aliphatic hydroxyl groups is 1. The van der Waals surface area contributed by atoms with Crippen LogP contribution in [0.4, 0.5) is 0 Å². The van der Waals surface area contributed by atoms with Crippen LogP contribution in [0.25, 0.3) is 0 Å². The topological polar surface area (TPSA) is 57.2 Å². The highest BCUT2D eigenvalue weighted by atomic mass is 16.7. The highest BCUT2D eigenvalue weighted by Crippen LogP contribution is 2.45. The minimum absolute atomic E-state index is 0.234. The summed E-state index contributed by atoms with van der Waals surface area (Å²) in [5.74, 6) is -0.234. The van der Waals surface area contributed by atoms with Crippen molar-refractivity contribution in [1.82, 2.24) is 0 Å². The zero-order chi connectivity index (χ0) is 17.9. The number of hydrogen-bond acceptors (Lipinski definition) is 5. The summed E-state index contributed by atoms with van der Waals surface area (Å²) in [7, 11) is 1.53. The zero-order valence-electron chi connectivity index (χ0n) is 14.5. The van der Waals surface area contributed by atoms with E-state index in [-0.39, 0.29) is 18.1 Å². The third-order valence-corrected chi connectivity index (χ3v) is 4.98. The predicted molar refractivity (Wildman–Crippen MR) is 93.7 cm³/mol. The molecule has 0 unspecified atom stereocenters. The van der Waals surface area contributed by atoms with Gasteiger partial charge < -0.3 is 24.1 Å². The number of ether oxygens (including phenoxy) is 4. The monoisotopic (exact) mass is 346 g/mol. The lowest BCUT2D eigenvalue weighted by Gasteiger charge is -2.53. The lowest BCUT2D eigenvalue weighted by Crippen LogP contribution is -2.65. The Morgan fingerprint density at radius 1 is 1.24 bits per heavy atom. The molecule has 2 saturated heterocycles. The molecule has 0 aliphatic carbocycles. The maximum absolute atomic E-state index is 11.3. The Morgan fingerprint density at radius 2 is 2.00 bits per heavy atom. The van der Waals surface area contributed by atoms with Gasteiger partial charge in [0.25, 0.3) is 0 Å². The van der Waals surface area contributed by atoms with E-state index in [2.05, 4.69) is 13.2 Å². The highest BCUT2D eigenvalue weighted by Gasteiger charge is 2.56. The largest absolute Gasteiger partial charge is 0.384 e. The molecule has 5 nitrogen and oxygen atoms in total. The number of methoxy groups -OCH3 is 1. The second kappa shape index (κ2) is 7.81. The molecule has 136 valence electrons. The van der Waals surface area contributed by atoms with Gasteiger partial charge >= 0.3 is 0 Å². The molecule has 3 rings (SSSR count). The van der Waals surface area contributed by atoms with E-state index < -0.39 is 18.2 Å². The van der Waals surface area contributed by atoms with E-state index in [1.165, 1.54) is 7.11 Å². The number of rotatable bonds is 6. The first-order valence-corrected chi connectivity index (χ1v) is 8.58. The van der Waals surface area contributed by atoms with Gasteiger partial charge in [0.15, 0.2) is 12.6 Å². The molecule has 0 aromatic heterocycles. The van der Waals surface area contributed by atoms with Crippen LogP contribution in [0.2, 0.25) is 0 Å². The Kier molecular flexibility index (Phi) is 5.71. The molecule has 1 aromatic carbocycles. The molecule has 25 heavy (non-hydrogen) atoms. The van der Waals surface area contributed by atoms with Crippen molar-refractivity contribution in [2.75, 3.05) is 13.7 Å². The molecule has 0 bridgehead atoms. The number of benzene rings is 1. The van der Waals surface area contributed by atoms with Crippen LogP contribution in [0.15, 0.2) is 55.6 Å². The highest BCUT2D eigenvalue weighted by molar-refractivity contribution is 5.17. The molecule has 0 radical (unpaired) electrons. The number of hydrogen-bond donors (Lipinski definition) is 1. The number of fused-ring (bicyclic) bond motifs is 1. The Morgan fingerprint density at radius 3 is 2.64 bits per heavy atom. The van der Waals surface area contributed by atoms with Crippen LogP contribution >= 0.6 is 0 Å². The zero-order valence-corrected chi connectivity index (χ0v) is 14.5. The molecule has 2 aliphatic rings. The molecular weight excluding hydrogens is 320 g/mol. The van der Waals surface area contributed by atoms with Crippen molar-refractivity contribution in [3.05, 3.63) is 61.2 Å². The van der Waals surface area contributed by atoms with Gasteiger partial charge in [-0.3, -0.25) is 0 Å². The summed E-state index contributed by atoms with van der Waals surface area (Å²) in [6.45, 7) is 7.99. The molecular formula is C20H26O5. The normalized spacial score (nSPS) is 37.9. The first kappa shape index (κ1) is 18.3. The standard InChI is InChI=1S/C20H26O5/c1-4-9-15-17-16(24-19(22-3)20(15,21)12-5-2)13-23-18(25-17)14-10-7-6-8-11-14/h4-8,10-11,15-19,21H,1-2,9,12-13H2,3H3/t15-,16+,17-,18+,19-,20+/m0/s1. The van der Waals surface area contributed by atoms with Crippen molar-refractivity contribution in [3.63, 3.8) is 0 Å². The Balaban J connectivity index is 1.89. The van der Waals surface area contributed by atoms with E-state index in [1.54, 1.807) is 12.2 Å². The van der Waals surface area contributed by atoms with Crippen LogP contribution in [-0.4, -0.2) is 42.9 Å². The minimum Gasteiger partial charge on any atom is -0.384 e. The molecule has 6 atom stereocenters. The first-order chi connectivity index (χ1) is 12.1. The third-order valence-electron chi connectivity index (χ3n) is 4.98. The van der Waals surface area contributed by atoms with E-state index in [1.807, 2.05) is 30.3 Å². The van der Waals surface area contributed by atoms with Gasteiger partial charge in [-0.1, -0.05) is 42.5 Å². The van der Waals surface area contributed by atoms with Crippen molar-refractivity contribution in [1.29, 1.82) is 0 Å². The Bertz CT molecular complexity index is 589. The summed E-state index contributed by atoms with van der Waals surface area (Å²) in [6.07, 6.45) is 2.52. The summed E-state index contributed by atoms with van der Waals surface area (Å²) >= 11 is 0. The fraction of sp³-hybridized carbons (Fsp3) is 0.500. The van der Waals surface area contributed by atoms with Gasteiger partial charge in [-0.05, 0) is 12.8 Å². The summed E-state index contributed by atoms with van der Waals surface area (Å²) in [5, 5.41) is 11.3. The fourth-order valence-corrected chi connectivity index (χ4v) is 3.79. The first-order valence-electron chi connectivity index (χ1n) is 8.58. The lowest BCUT2D eigenvalue weighted by molar-refractivity contribution is -0.374. The molecule has 2 fully saturated rings. The van der Waals surface area contributed by atoms with Gasteiger partial charge in [-0.25, -0.2) is 0 Å². The quantitative estimate of drug-likeness (QED) is 0.803. The molecule has 0 spiro atoms. The minimum atomic E-state index is -1.23. The van der Waals surface area contributed by atoms with Crippen LogP contribution in [0, 0.1) is 5.92 Å². The van der Waals surface area contributed by atoms with Crippen molar-refractivity contribution >= 4 is 0 Å². The van der Waals surface area contributed by atoms with Gasteiger partial charge in [0.05, 0.1) is 12.7 Å². The molecule has 2 heterocycles. The average Bonchev–Trinajstić information content (AvgIpc) is 2.64. The summed E-state index contributed by atoms with van der Waals surface area (Å²) in [4.78, 5) is 0. The maximum Gasteiger partial charge on any atom is 0.187 e. The van der Waals surface area contributed by atoms with Gasteiger partial charge in [0.2, 0.25) is 0 Å². The van der Waals surface area contributed by atoms with Crippen LogP contribution < -0.4 is 0 Å². The van der Waals surface area contributed by atoms with Gasteiger partial charge in [-0.15, -0.1) is 13.2 Å². The van der Waals surface area contributed by atoms with Gasteiger partial charge in [0, 0.05) is 18.6 Å². The van der Waals surface area contributed by atoms with Crippen molar-refractivity contribution in [2.45, 2.75) is 43.2 Å². The Hall–Kier alpha value is -1.50.